The van der Waals surface area contributed by atoms with Crippen LogP contribution in [0.1, 0.15) is 25.3 Å². The lowest BCUT2D eigenvalue weighted by atomic mass is 9.89. The first-order chi connectivity index (χ1) is 9.17. The highest BCUT2D eigenvalue weighted by atomic mass is 19.1. The van der Waals surface area contributed by atoms with Crippen LogP contribution in [0.2, 0.25) is 0 Å². The Morgan fingerprint density at radius 2 is 2.32 bits per heavy atom. The molecule has 3 unspecified atom stereocenters. The minimum Gasteiger partial charge on any atom is -0.494 e. The van der Waals surface area contributed by atoms with Crippen LogP contribution in [-0.4, -0.2) is 31.0 Å². The highest BCUT2D eigenvalue weighted by Crippen LogP contribution is 2.29. The van der Waals surface area contributed by atoms with E-state index in [0.717, 1.165) is 12.8 Å². The van der Waals surface area contributed by atoms with Gasteiger partial charge in [0.1, 0.15) is 0 Å². The van der Waals surface area contributed by atoms with Gasteiger partial charge in [-0.05, 0) is 24.5 Å². The van der Waals surface area contributed by atoms with Crippen LogP contribution in [0.25, 0.3) is 0 Å². The van der Waals surface area contributed by atoms with Gasteiger partial charge < -0.3 is 14.6 Å². The second-order valence-corrected chi connectivity index (χ2v) is 4.97. The molecule has 0 amide bonds. The van der Waals surface area contributed by atoms with Gasteiger partial charge in [-0.1, -0.05) is 19.1 Å². The van der Waals surface area contributed by atoms with Crippen molar-refractivity contribution in [2.45, 2.75) is 38.4 Å². The van der Waals surface area contributed by atoms with Crippen molar-refractivity contribution in [2.75, 3.05) is 13.7 Å². The van der Waals surface area contributed by atoms with E-state index in [0.29, 0.717) is 18.6 Å². The molecule has 2 rings (SSSR count). The first-order valence-electron chi connectivity index (χ1n) is 6.78. The molecular weight excluding hydrogens is 247 g/mol. The third-order valence-corrected chi connectivity index (χ3v) is 3.85. The number of ether oxygens (including phenoxy) is 2. The molecule has 0 aliphatic carbocycles. The van der Waals surface area contributed by atoms with Gasteiger partial charge in [-0.15, -0.1) is 0 Å². The predicted molar refractivity (Wildman–Crippen MR) is 70.8 cm³/mol. The van der Waals surface area contributed by atoms with Gasteiger partial charge in [0.05, 0.1) is 19.3 Å². The summed E-state index contributed by atoms with van der Waals surface area (Å²) in [5.74, 6) is -0.0639. The van der Waals surface area contributed by atoms with E-state index in [1.54, 1.807) is 18.2 Å². The fourth-order valence-electron chi connectivity index (χ4n) is 2.77. The Morgan fingerprint density at radius 1 is 1.53 bits per heavy atom. The Balaban J connectivity index is 2.08. The molecule has 1 fully saturated rings. The quantitative estimate of drug-likeness (QED) is 0.892. The molecule has 106 valence electrons. The van der Waals surface area contributed by atoms with E-state index in [9.17, 15) is 9.50 Å². The van der Waals surface area contributed by atoms with Crippen molar-refractivity contribution in [3.8, 4) is 5.75 Å². The van der Waals surface area contributed by atoms with Crippen molar-refractivity contribution in [1.82, 2.24) is 0 Å². The third-order valence-electron chi connectivity index (χ3n) is 3.85. The van der Waals surface area contributed by atoms with Crippen LogP contribution in [0.5, 0.6) is 5.75 Å². The monoisotopic (exact) mass is 268 g/mol. The molecule has 0 spiro atoms. The maximum atomic E-state index is 14.0. The van der Waals surface area contributed by atoms with Gasteiger partial charge in [-0.3, -0.25) is 0 Å². The molecule has 1 saturated heterocycles. The molecule has 0 radical (unpaired) electrons. The zero-order valence-electron chi connectivity index (χ0n) is 11.4. The summed E-state index contributed by atoms with van der Waals surface area (Å²) in [6.45, 7) is 2.72. The lowest BCUT2D eigenvalue weighted by Crippen LogP contribution is -2.29. The van der Waals surface area contributed by atoms with E-state index >= 15 is 0 Å². The van der Waals surface area contributed by atoms with Crippen molar-refractivity contribution < 1.29 is 19.0 Å². The topological polar surface area (TPSA) is 38.7 Å². The smallest absolute Gasteiger partial charge is 0.168 e. The van der Waals surface area contributed by atoms with Gasteiger partial charge in [0, 0.05) is 18.9 Å². The Kier molecular flexibility index (Phi) is 4.77. The van der Waals surface area contributed by atoms with Crippen molar-refractivity contribution in [2.24, 2.45) is 5.92 Å². The third kappa shape index (κ3) is 3.07. The van der Waals surface area contributed by atoms with E-state index in [4.69, 9.17) is 9.47 Å². The van der Waals surface area contributed by atoms with E-state index < -0.39 is 6.10 Å². The zero-order valence-corrected chi connectivity index (χ0v) is 11.4. The molecular formula is C15H21FO3. The summed E-state index contributed by atoms with van der Waals surface area (Å²) >= 11 is 0. The zero-order chi connectivity index (χ0) is 13.8. The molecule has 0 saturated carbocycles. The van der Waals surface area contributed by atoms with Crippen LogP contribution >= 0.6 is 0 Å². The number of hydrogen-bond donors (Lipinski definition) is 1. The number of rotatable bonds is 5. The molecule has 1 heterocycles. The molecule has 3 atom stereocenters. The largest absolute Gasteiger partial charge is 0.494 e. The van der Waals surface area contributed by atoms with Crippen molar-refractivity contribution in [3.05, 3.63) is 29.6 Å². The highest BCUT2D eigenvalue weighted by Gasteiger charge is 2.33. The minimum absolute atomic E-state index is 0.0867. The molecule has 1 aliphatic heterocycles. The number of benzene rings is 1. The molecule has 1 N–H and O–H groups in total. The number of aliphatic hydroxyl groups is 1. The molecule has 0 bridgehead atoms. The first kappa shape index (κ1) is 14.3. The highest BCUT2D eigenvalue weighted by molar-refractivity contribution is 5.31. The van der Waals surface area contributed by atoms with Crippen LogP contribution in [0, 0.1) is 11.7 Å². The lowest BCUT2D eigenvalue weighted by Gasteiger charge is -2.23. The van der Waals surface area contributed by atoms with Gasteiger partial charge in [0.2, 0.25) is 0 Å². The van der Waals surface area contributed by atoms with Crippen LogP contribution in [0.4, 0.5) is 4.39 Å². The van der Waals surface area contributed by atoms with Crippen molar-refractivity contribution >= 4 is 0 Å². The lowest BCUT2D eigenvalue weighted by molar-refractivity contribution is 0.0314. The molecule has 1 aromatic rings. The summed E-state index contributed by atoms with van der Waals surface area (Å²) in [6.07, 6.45) is 1.53. The van der Waals surface area contributed by atoms with Gasteiger partial charge in [0.15, 0.2) is 11.6 Å². The normalized spacial score (nSPS) is 24.4. The summed E-state index contributed by atoms with van der Waals surface area (Å²) in [5, 5.41) is 10.3. The van der Waals surface area contributed by atoms with Gasteiger partial charge in [-0.25, -0.2) is 4.39 Å². The maximum Gasteiger partial charge on any atom is 0.168 e. The fraction of sp³-hybridized carbons (Fsp3) is 0.600. The molecule has 0 aromatic heterocycles. The molecule has 3 nitrogen and oxygen atoms in total. The second-order valence-electron chi connectivity index (χ2n) is 4.97. The summed E-state index contributed by atoms with van der Waals surface area (Å²) in [7, 11) is 1.44. The first-order valence-corrected chi connectivity index (χ1v) is 6.78. The molecule has 19 heavy (non-hydrogen) atoms. The summed E-state index contributed by atoms with van der Waals surface area (Å²) in [5.41, 5.74) is 0.494. The van der Waals surface area contributed by atoms with Crippen LogP contribution in [-0.2, 0) is 11.2 Å². The SMILES string of the molecule is CCC1OCCC1C(O)Cc1cccc(OC)c1F. The van der Waals surface area contributed by atoms with E-state index in [-0.39, 0.29) is 23.6 Å². The Labute approximate surface area is 113 Å². The average Bonchev–Trinajstić information content (AvgIpc) is 2.89. The predicted octanol–water partition coefficient (Wildman–Crippen LogP) is 2.55. The number of aliphatic hydroxyl groups excluding tert-OH is 1. The second kappa shape index (κ2) is 6.35. The molecule has 1 aliphatic rings. The standard InChI is InChI=1S/C15H21FO3/c1-3-13-11(7-8-19-13)12(17)9-10-5-4-6-14(18-2)15(10)16/h4-6,11-13,17H,3,7-9H2,1-2H3. The summed E-state index contributed by atoms with van der Waals surface area (Å²) in [4.78, 5) is 0. The van der Waals surface area contributed by atoms with Crippen LogP contribution < -0.4 is 4.74 Å². The summed E-state index contributed by atoms with van der Waals surface area (Å²) in [6, 6.07) is 5.02. The van der Waals surface area contributed by atoms with Crippen LogP contribution in [0.15, 0.2) is 18.2 Å². The maximum absolute atomic E-state index is 14.0. The van der Waals surface area contributed by atoms with Crippen LogP contribution in [0.3, 0.4) is 0 Å². The molecule has 1 aromatic carbocycles. The number of halogens is 1. The van der Waals surface area contributed by atoms with Gasteiger partial charge in [-0.2, -0.15) is 0 Å². The summed E-state index contributed by atoms with van der Waals surface area (Å²) < 4.78 is 24.6. The van der Waals surface area contributed by atoms with Gasteiger partial charge >= 0.3 is 0 Å². The number of methoxy groups -OCH3 is 1. The fourth-order valence-corrected chi connectivity index (χ4v) is 2.77. The molecule has 4 heteroatoms. The van der Waals surface area contributed by atoms with E-state index in [1.165, 1.54) is 7.11 Å². The number of hydrogen-bond acceptors (Lipinski definition) is 3. The van der Waals surface area contributed by atoms with E-state index in [2.05, 4.69) is 0 Å². The Bertz CT molecular complexity index is 422. The Morgan fingerprint density at radius 3 is 3.00 bits per heavy atom. The Hall–Kier alpha value is -1.13. The van der Waals surface area contributed by atoms with Gasteiger partial charge in [0.25, 0.3) is 0 Å². The average molecular weight is 268 g/mol. The van der Waals surface area contributed by atoms with E-state index in [1.807, 2.05) is 6.92 Å². The minimum atomic E-state index is -0.575. The van der Waals surface area contributed by atoms with Crippen molar-refractivity contribution in [3.63, 3.8) is 0 Å². The van der Waals surface area contributed by atoms with Crippen molar-refractivity contribution in [1.29, 1.82) is 0 Å².